The molecule has 2 aromatic rings. The molecule has 0 bridgehead atoms. The second-order valence-corrected chi connectivity index (χ2v) is 3.58. The van der Waals surface area contributed by atoms with Crippen LogP contribution in [0.2, 0.25) is 0 Å². The number of nitrogens with zero attached hydrogens (tertiary/aromatic N) is 1. The molecule has 0 aromatic carbocycles. The fourth-order valence-corrected chi connectivity index (χ4v) is 1.60. The van der Waals surface area contributed by atoms with Crippen LogP contribution in [-0.2, 0) is 12.4 Å². The summed E-state index contributed by atoms with van der Waals surface area (Å²) in [6.07, 6.45) is -9.43. The molecule has 2 heterocycles. The summed E-state index contributed by atoms with van der Waals surface area (Å²) >= 11 is 0. The first-order valence-electron chi connectivity index (χ1n) is 4.65. The van der Waals surface area contributed by atoms with Crippen molar-refractivity contribution in [1.29, 1.82) is 0 Å². The van der Waals surface area contributed by atoms with Gasteiger partial charge in [-0.2, -0.15) is 26.3 Å². The minimum absolute atomic E-state index is 0.479. The maximum absolute atomic E-state index is 12.6. The minimum atomic E-state index is -4.73. The van der Waals surface area contributed by atoms with Crippen molar-refractivity contribution in [3.05, 3.63) is 29.2 Å². The molecule has 0 aliphatic heterocycles. The van der Waals surface area contributed by atoms with Crippen molar-refractivity contribution < 1.29 is 30.8 Å². The van der Waals surface area contributed by atoms with Gasteiger partial charge in [0.1, 0.15) is 17.0 Å². The summed E-state index contributed by atoms with van der Waals surface area (Å²) < 4.78 is 79.5. The van der Waals surface area contributed by atoms with Gasteiger partial charge in [0.25, 0.3) is 0 Å². The van der Waals surface area contributed by atoms with E-state index < -0.39 is 40.5 Å². The molecule has 0 saturated heterocycles. The van der Waals surface area contributed by atoms with Crippen LogP contribution in [-0.4, -0.2) is 4.98 Å². The number of hydrogen-bond acceptors (Lipinski definition) is 2. The standard InChI is InChI=1S/C10H5F6NO/c1-4-7(10(14,15)16)5-2-3-6(9(11,12)13)17-8(5)18-4/h2-3H,1H3. The Bertz CT molecular complexity index is 595. The van der Waals surface area contributed by atoms with E-state index in [2.05, 4.69) is 9.40 Å². The SMILES string of the molecule is Cc1oc2nc(C(F)(F)F)ccc2c1C(F)(F)F. The Morgan fingerprint density at radius 3 is 2.11 bits per heavy atom. The molecular formula is C10H5F6NO. The van der Waals surface area contributed by atoms with Crippen LogP contribution in [0.25, 0.3) is 11.1 Å². The molecule has 0 aliphatic rings. The van der Waals surface area contributed by atoms with Crippen LogP contribution in [0.3, 0.4) is 0 Å². The van der Waals surface area contributed by atoms with Gasteiger partial charge >= 0.3 is 12.4 Å². The first-order valence-corrected chi connectivity index (χ1v) is 4.65. The molecule has 0 saturated carbocycles. The van der Waals surface area contributed by atoms with Crippen LogP contribution >= 0.6 is 0 Å². The van der Waals surface area contributed by atoms with Gasteiger partial charge in [-0.15, -0.1) is 0 Å². The highest BCUT2D eigenvalue weighted by Gasteiger charge is 2.39. The fourth-order valence-electron chi connectivity index (χ4n) is 1.60. The highest BCUT2D eigenvalue weighted by Crippen LogP contribution is 2.39. The van der Waals surface area contributed by atoms with Crippen LogP contribution in [0, 0.1) is 6.92 Å². The van der Waals surface area contributed by atoms with E-state index in [4.69, 9.17) is 0 Å². The zero-order chi connectivity index (χ0) is 13.7. The van der Waals surface area contributed by atoms with Gasteiger partial charge in [-0.25, -0.2) is 4.98 Å². The lowest BCUT2D eigenvalue weighted by Gasteiger charge is -2.06. The van der Waals surface area contributed by atoms with E-state index in [1.165, 1.54) is 0 Å². The van der Waals surface area contributed by atoms with Gasteiger partial charge in [0.05, 0.1) is 5.39 Å². The van der Waals surface area contributed by atoms with Gasteiger partial charge in [-0.1, -0.05) is 0 Å². The van der Waals surface area contributed by atoms with E-state index in [0.29, 0.717) is 12.1 Å². The lowest BCUT2D eigenvalue weighted by Crippen LogP contribution is -2.08. The number of pyridine rings is 1. The second-order valence-electron chi connectivity index (χ2n) is 3.58. The highest BCUT2D eigenvalue weighted by molar-refractivity contribution is 5.79. The van der Waals surface area contributed by atoms with Crippen molar-refractivity contribution in [2.24, 2.45) is 0 Å². The highest BCUT2D eigenvalue weighted by atomic mass is 19.4. The number of halogens is 6. The summed E-state index contributed by atoms with van der Waals surface area (Å²) in [6, 6.07) is 1.21. The maximum atomic E-state index is 12.6. The predicted molar refractivity (Wildman–Crippen MR) is 48.8 cm³/mol. The zero-order valence-electron chi connectivity index (χ0n) is 8.78. The van der Waals surface area contributed by atoms with Crippen molar-refractivity contribution in [3.63, 3.8) is 0 Å². The number of alkyl halides is 6. The average molecular weight is 269 g/mol. The molecule has 0 fully saturated rings. The van der Waals surface area contributed by atoms with Gasteiger partial charge in [0.15, 0.2) is 0 Å². The van der Waals surface area contributed by atoms with E-state index in [1.54, 1.807) is 0 Å². The minimum Gasteiger partial charge on any atom is -0.442 e. The van der Waals surface area contributed by atoms with Gasteiger partial charge < -0.3 is 4.42 Å². The monoisotopic (exact) mass is 269 g/mol. The summed E-state index contributed by atoms with van der Waals surface area (Å²) in [7, 11) is 0. The van der Waals surface area contributed by atoms with Crippen molar-refractivity contribution in [3.8, 4) is 0 Å². The number of furan rings is 1. The number of hydrogen-bond donors (Lipinski definition) is 0. The van der Waals surface area contributed by atoms with E-state index in [1.807, 2.05) is 0 Å². The first-order chi connectivity index (χ1) is 8.10. The number of rotatable bonds is 0. The number of fused-ring (bicyclic) bond motifs is 1. The van der Waals surface area contributed by atoms with Crippen molar-refractivity contribution in [2.45, 2.75) is 19.3 Å². The Morgan fingerprint density at radius 2 is 1.61 bits per heavy atom. The van der Waals surface area contributed by atoms with Crippen LogP contribution in [0.1, 0.15) is 17.0 Å². The van der Waals surface area contributed by atoms with E-state index in [9.17, 15) is 26.3 Å². The molecule has 2 nitrogen and oxygen atoms in total. The maximum Gasteiger partial charge on any atom is 0.433 e. The predicted octanol–water partition coefficient (Wildman–Crippen LogP) is 4.17. The molecule has 98 valence electrons. The quantitative estimate of drug-likeness (QED) is 0.671. The molecule has 2 aromatic heterocycles. The summed E-state index contributed by atoms with van der Waals surface area (Å²) in [6.45, 7) is 1.03. The molecule has 0 N–H and O–H groups in total. The second kappa shape index (κ2) is 3.63. The molecule has 0 unspecified atom stereocenters. The van der Waals surface area contributed by atoms with Gasteiger partial charge in [-0.05, 0) is 19.1 Å². The van der Waals surface area contributed by atoms with Crippen LogP contribution < -0.4 is 0 Å². The topological polar surface area (TPSA) is 26.0 Å². The Hall–Kier alpha value is -1.73. The van der Waals surface area contributed by atoms with Gasteiger partial charge in [-0.3, -0.25) is 0 Å². The Labute approximate surface area is 96.2 Å². The molecule has 2 rings (SSSR count). The number of aromatic nitrogens is 1. The molecule has 0 spiro atoms. The molecule has 8 heteroatoms. The average Bonchev–Trinajstić information content (AvgIpc) is 2.49. The first kappa shape index (κ1) is 12.7. The third-order valence-corrected chi connectivity index (χ3v) is 2.31. The number of aryl methyl sites for hydroxylation is 1. The molecule has 0 radical (unpaired) electrons. The molecular weight excluding hydrogens is 264 g/mol. The van der Waals surface area contributed by atoms with Crippen molar-refractivity contribution >= 4 is 11.1 Å². The normalized spacial score (nSPS) is 13.3. The molecule has 18 heavy (non-hydrogen) atoms. The molecule has 0 atom stereocenters. The van der Waals surface area contributed by atoms with E-state index >= 15 is 0 Å². The van der Waals surface area contributed by atoms with E-state index in [-0.39, 0.29) is 0 Å². The van der Waals surface area contributed by atoms with Gasteiger partial charge in [0, 0.05) is 0 Å². The van der Waals surface area contributed by atoms with Crippen LogP contribution in [0.4, 0.5) is 26.3 Å². The van der Waals surface area contributed by atoms with Crippen LogP contribution in [0.5, 0.6) is 0 Å². The third-order valence-electron chi connectivity index (χ3n) is 2.31. The Kier molecular flexibility index (Phi) is 2.56. The Morgan fingerprint density at radius 1 is 1.00 bits per heavy atom. The van der Waals surface area contributed by atoms with E-state index in [0.717, 1.165) is 6.92 Å². The lowest BCUT2D eigenvalue weighted by molar-refractivity contribution is -0.141. The molecule has 0 amide bonds. The third kappa shape index (κ3) is 2.02. The summed E-state index contributed by atoms with van der Waals surface area (Å²) in [5, 5.41) is -0.479. The lowest BCUT2D eigenvalue weighted by atomic mass is 10.1. The van der Waals surface area contributed by atoms with Crippen molar-refractivity contribution in [1.82, 2.24) is 4.98 Å². The summed E-state index contributed by atoms with van der Waals surface area (Å²) in [5.41, 5.74) is -3.06. The fraction of sp³-hybridized carbons (Fsp3) is 0.300. The van der Waals surface area contributed by atoms with Crippen molar-refractivity contribution in [2.75, 3.05) is 0 Å². The zero-order valence-corrected chi connectivity index (χ0v) is 8.78. The molecule has 0 aliphatic carbocycles. The summed E-state index contributed by atoms with van der Waals surface area (Å²) in [4.78, 5) is 3.05. The van der Waals surface area contributed by atoms with Gasteiger partial charge in [0.2, 0.25) is 5.71 Å². The smallest absolute Gasteiger partial charge is 0.433 e. The Balaban J connectivity index is 2.70. The summed E-state index contributed by atoms with van der Waals surface area (Å²) in [5.74, 6) is -0.510. The van der Waals surface area contributed by atoms with Crippen LogP contribution in [0.15, 0.2) is 16.5 Å². The largest absolute Gasteiger partial charge is 0.442 e.